The van der Waals surface area contributed by atoms with Crippen molar-refractivity contribution >= 4 is 11.9 Å². The summed E-state index contributed by atoms with van der Waals surface area (Å²) in [6.45, 7) is 6.17. The molecule has 0 bridgehead atoms. The molecule has 144 valence electrons. The Morgan fingerprint density at radius 1 is 1.07 bits per heavy atom. The van der Waals surface area contributed by atoms with Crippen LogP contribution in [0, 0.1) is 6.92 Å². The minimum Gasteiger partial charge on any atom is -0.489 e. The molecule has 0 heterocycles. The third-order valence-electron chi connectivity index (χ3n) is 4.19. The van der Waals surface area contributed by atoms with Crippen molar-refractivity contribution in [2.24, 2.45) is 0 Å². The Kier molecular flexibility index (Phi) is 6.99. The van der Waals surface area contributed by atoms with Gasteiger partial charge in [0.25, 0.3) is 0 Å². The fourth-order valence-electron chi connectivity index (χ4n) is 2.80. The molecule has 0 saturated carbocycles. The van der Waals surface area contributed by atoms with E-state index in [0.717, 1.165) is 11.1 Å². The molecule has 0 unspecified atom stereocenters. The van der Waals surface area contributed by atoms with E-state index in [1.54, 1.807) is 0 Å². The number of hydrogen-bond donors (Lipinski definition) is 2. The predicted octanol–water partition coefficient (Wildman–Crippen LogP) is 3.88. The van der Waals surface area contributed by atoms with Crippen LogP contribution in [0.1, 0.15) is 43.4 Å². The topological polar surface area (TPSA) is 75.6 Å². The maximum Gasteiger partial charge on any atom is 0.303 e. The van der Waals surface area contributed by atoms with Crippen LogP contribution in [0.25, 0.3) is 0 Å². The molecular weight excluding hydrogens is 342 g/mol. The van der Waals surface area contributed by atoms with Gasteiger partial charge in [-0.25, -0.2) is 0 Å². The molecule has 5 nitrogen and oxygen atoms in total. The summed E-state index contributed by atoms with van der Waals surface area (Å²) >= 11 is 0. The van der Waals surface area contributed by atoms with E-state index in [9.17, 15) is 9.59 Å². The van der Waals surface area contributed by atoms with Gasteiger partial charge >= 0.3 is 5.97 Å². The van der Waals surface area contributed by atoms with Gasteiger partial charge in [0.15, 0.2) is 0 Å². The van der Waals surface area contributed by atoms with Crippen LogP contribution >= 0.6 is 0 Å². The summed E-state index contributed by atoms with van der Waals surface area (Å²) in [5.74, 6) is -0.288. The molecule has 0 saturated heterocycles. The molecule has 0 radical (unpaired) electrons. The molecule has 0 fully saturated rings. The second-order valence-electron chi connectivity index (χ2n) is 7.43. The number of amides is 1. The van der Waals surface area contributed by atoms with Crippen LogP contribution in [0.4, 0.5) is 0 Å². The Balaban J connectivity index is 1.90. The van der Waals surface area contributed by atoms with Gasteiger partial charge in [0.2, 0.25) is 5.91 Å². The lowest BCUT2D eigenvalue weighted by atomic mass is 9.98. The summed E-state index contributed by atoms with van der Waals surface area (Å²) in [6.07, 6.45) is 0.626. The quantitative estimate of drug-likeness (QED) is 0.703. The van der Waals surface area contributed by atoms with Gasteiger partial charge in [-0.05, 0) is 50.5 Å². The van der Waals surface area contributed by atoms with E-state index in [-0.39, 0.29) is 18.7 Å². The minimum absolute atomic E-state index is 0.0234. The molecule has 0 aromatic heterocycles. The van der Waals surface area contributed by atoms with E-state index >= 15 is 0 Å². The van der Waals surface area contributed by atoms with Gasteiger partial charge in [-0.3, -0.25) is 9.59 Å². The Bertz CT molecular complexity index is 798. The highest BCUT2D eigenvalue weighted by atomic mass is 16.5. The number of aliphatic carboxylic acids is 1. The summed E-state index contributed by atoms with van der Waals surface area (Å²) in [7, 11) is 0. The summed E-state index contributed by atoms with van der Waals surface area (Å²) in [6, 6.07) is 15.6. The lowest BCUT2D eigenvalue weighted by Gasteiger charge is -2.25. The van der Waals surface area contributed by atoms with E-state index in [0.29, 0.717) is 18.8 Å². The maximum atomic E-state index is 12.3. The molecule has 2 aromatic carbocycles. The second kappa shape index (κ2) is 9.21. The first-order chi connectivity index (χ1) is 12.7. The van der Waals surface area contributed by atoms with Gasteiger partial charge in [-0.2, -0.15) is 0 Å². The number of benzene rings is 2. The first kappa shape index (κ1) is 20.5. The summed E-state index contributed by atoms with van der Waals surface area (Å²) < 4.78 is 5.84. The number of carboxylic acids is 1. The molecule has 0 atom stereocenters. The molecule has 5 heteroatoms. The van der Waals surface area contributed by atoms with Crippen molar-refractivity contribution in [2.75, 3.05) is 0 Å². The van der Waals surface area contributed by atoms with Crippen molar-refractivity contribution in [1.82, 2.24) is 5.32 Å². The van der Waals surface area contributed by atoms with Crippen molar-refractivity contribution in [3.05, 3.63) is 65.2 Å². The summed E-state index contributed by atoms with van der Waals surface area (Å²) in [4.78, 5) is 23.0. The molecule has 0 aliphatic rings. The molecule has 27 heavy (non-hydrogen) atoms. The third kappa shape index (κ3) is 7.52. The SMILES string of the molecule is Cc1cccc(COc2cccc(CC(=O)NC(C)(C)CCC(=O)O)c2)c1. The zero-order valence-electron chi connectivity index (χ0n) is 16.1. The Hall–Kier alpha value is -2.82. The molecule has 2 aromatic rings. The van der Waals surface area contributed by atoms with Gasteiger partial charge in [0.05, 0.1) is 6.42 Å². The van der Waals surface area contributed by atoms with Crippen LogP contribution in [0.15, 0.2) is 48.5 Å². The molecule has 2 N–H and O–H groups in total. The maximum absolute atomic E-state index is 12.3. The van der Waals surface area contributed by atoms with Crippen LogP contribution in [0.3, 0.4) is 0 Å². The molecule has 1 amide bonds. The molecule has 0 aliphatic heterocycles. The summed E-state index contributed by atoms with van der Waals surface area (Å²) in [5.41, 5.74) is 2.57. The fraction of sp³-hybridized carbons (Fsp3) is 0.364. The van der Waals surface area contributed by atoms with Crippen molar-refractivity contribution in [3.8, 4) is 5.75 Å². The minimum atomic E-state index is -0.865. The number of carbonyl (C=O) groups excluding carboxylic acids is 1. The number of aryl methyl sites for hydroxylation is 1. The van der Waals surface area contributed by atoms with Gasteiger partial charge in [0.1, 0.15) is 12.4 Å². The average Bonchev–Trinajstić information content (AvgIpc) is 2.58. The largest absolute Gasteiger partial charge is 0.489 e. The molecule has 0 aliphatic carbocycles. The van der Waals surface area contributed by atoms with E-state index in [1.807, 2.05) is 63.2 Å². The van der Waals surface area contributed by atoms with Crippen molar-refractivity contribution in [1.29, 1.82) is 0 Å². The van der Waals surface area contributed by atoms with Crippen LogP contribution < -0.4 is 10.1 Å². The van der Waals surface area contributed by atoms with Crippen molar-refractivity contribution in [2.45, 2.75) is 52.2 Å². The van der Waals surface area contributed by atoms with E-state index in [2.05, 4.69) is 11.4 Å². The normalized spacial score (nSPS) is 11.1. The highest BCUT2D eigenvalue weighted by Gasteiger charge is 2.21. The van der Waals surface area contributed by atoms with E-state index < -0.39 is 11.5 Å². The Morgan fingerprint density at radius 3 is 2.48 bits per heavy atom. The van der Waals surface area contributed by atoms with E-state index in [1.165, 1.54) is 5.56 Å². The Morgan fingerprint density at radius 2 is 1.78 bits per heavy atom. The number of carboxylic acid groups (broad SMARTS) is 1. The van der Waals surface area contributed by atoms with Crippen molar-refractivity contribution in [3.63, 3.8) is 0 Å². The van der Waals surface area contributed by atoms with Gasteiger partial charge in [-0.15, -0.1) is 0 Å². The standard InChI is InChI=1S/C22H27NO4/c1-16-6-4-8-18(12-16)15-27-19-9-5-7-17(13-19)14-20(24)23-22(2,3)11-10-21(25)26/h4-9,12-13H,10-11,14-15H2,1-3H3,(H,23,24)(H,25,26). The van der Waals surface area contributed by atoms with Crippen LogP contribution in [-0.2, 0) is 22.6 Å². The van der Waals surface area contributed by atoms with Crippen LogP contribution in [0.2, 0.25) is 0 Å². The first-order valence-corrected chi connectivity index (χ1v) is 9.04. The van der Waals surface area contributed by atoms with Gasteiger partial charge in [-0.1, -0.05) is 42.0 Å². The zero-order chi connectivity index (χ0) is 19.9. The number of hydrogen-bond acceptors (Lipinski definition) is 3. The van der Waals surface area contributed by atoms with Gasteiger partial charge in [0, 0.05) is 12.0 Å². The monoisotopic (exact) mass is 369 g/mol. The number of ether oxygens (including phenoxy) is 1. The number of carbonyl (C=O) groups is 2. The second-order valence-corrected chi connectivity index (χ2v) is 7.43. The third-order valence-corrected chi connectivity index (χ3v) is 4.19. The average molecular weight is 369 g/mol. The highest BCUT2D eigenvalue weighted by Crippen LogP contribution is 2.17. The van der Waals surface area contributed by atoms with Gasteiger partial charge < -0.3 is 15.2 Å². The van der Waals surface area contributed by atoms with Crippen LogP contribution in [0.5, 0.6) is 5.75 Å². The Labute approximate surface area is 160 Å². The van der Waals surface area contributed by atoms with Crippen LogP contribution in [-0.4, -0.2) is 22.5 Å². The zero-order valence-corrected chi connectivity index (χ0v) is 16.1. The number of nitrogens with one attached hydrogen (secondary N) is 1. The lowest BCUT2D eigenvalue weighted by Crippen LogP contribution is -2.44. The van der Waals surface area contributed by atoms with Crippen molar-refractivity contribution < 1.29 is 19.4 Å². The summed E-state index contributed by atoms with van der Waals surface area (Å²) in [5, 5.41) is 11.7. The smallest absolute Gasteiger partial charge is 0.303 e. The first-order valence-electron chi connectivity index (χ1n) is 9.04. The molecule has 2 rings (SSSR count). The predicted molar refractivity (Wildman–Crippen MR) is 105 cm³/mol. The fourth-order valence-corrected chi connectivity index (χ4v) is 2.80. The molecular formula is C22H27NO4. The number of rotatable bonds is 9. The molecule has 0 spiro atoms. The lowest BCUT2D eigenvalue weighted by molar-refractivity contribution is -0.137. The van der Waals surface area contributed by atoms with E-state index in [4.69, 9.17) is 9.84 Å². The highest BCUT2D eigenvalue weighted by molar-refractivity contribution is 5.79.